The van der Waals surface area contributed by atoms with E-state index in [0.29, 0.717) is 17.7 Å². The Bertz CT molecular complexity index is 568. The third-order valence-electron chi connectivity index (χ3n) is 2.15. The molecule has 0 fully saturated rings. The molecule has 0 N–H and O–H groups in total. The highest BCUT2D eigenvalue weighted by molar-refractivity contribution is 8.13. The van der Waals surface area contributed by atoms with Crippen molar-refractivity contribution in [3.05, 3.63) is 35.4 Å². The van der Waals surface area contributed by atoms with Gasteiger partial charge in [0.15, 0.2) is 5.12 Å². The number of carbonyl (C=O) groups is 2. The van der Waals surface area contributed by atoms with Crippen molar-refractivity contribution >= 4 is 22.7 Å². The Hall–Kier alpha value is -1.74. The number of benzene rings is 1. The Kier molecular flexibility index (Phi) is 5.83. The maximum absolute atomic E-state index is 12.3. The fourth-order valence-corrected chi connectivity index (χ4v) is 1.80. The van der Waals surface area contributed by atoms with Crippen LogP contribution in [0.3, 0.4) is 0 Å². The van der Waals surface area contributed by atoms with Crippen molar-refractivity contribution in [2.75, 3.05) is 5.75 Å². The van der Waals surface area contributed by atoms with Gasteiger partial charge in [0, 0.05) is 30.2 Å². The Morgan fingerprint density at radius 3 is 2.60 bits per heavy atom. The maximum Gasteiger partial charge on any atom is 0.454 e. The van der Waals surface area contributed by atoms with E-state index in [1.807, 2.05) is 0 Å². The van der Waals surface area contributed by atoms with Gasteiger partial charge in [-0.15, -0.1) is 0 Å². The second kappa shape index (κ2) is 7.15. The number of rotatable bonds is 3. The Morgan fingerprint density at radius 1 is 1.30 bits per heavy atom. The van der Waals surface area contributed by atoms with Crippen molar-refractivity contribution in [3.63, 3.8) is 0 Å². The fraction of sp³-hybridized carbons (Fsp3) is 0.286. The lowest BCUT2D eigenvalue weighted by molar-refractivity contribution is -0.109. The van der Waals surface area contributed by atoms with E-state index in [9.17, 15) is 22.8 Å². The zero-order valence-corrected chi connectivity index (χ0v) is 11.4. The van der Waals surface area contributed by atoms with Crippen LogP contribution in [0.15, 0.2) is 24.3 Å². The van der Waals surface area contributed by atoms with E-state index in [1.165, 1.54) is 19.1 Å². The van der Waals surface area contributed by atoms with Gasteiger partial charge in [-0.25, -0.2) is 0 Å². The van der Waals surface area contributed by atoms with Crippen LogP contribution in [0.1, 0.15) is 29.3 Å². The number of ketones is 1. The molecule has 1 aromatic rings. The molecule has 0 aliphatic rings. The summed E-state index contributed by atoms with van der Waals surface area (Å²) in [7, 11) is 0. The van der Waals surface area contributed by atoms with Crippen LogP contribution in [0.4, 0.5) is 13.2 Å². The molecule has 0 spiro atoms. The lowest BCUT2D eigenvalue weighted by Crippen LogP contribution is -2.22. The second-order valence-corrected chi connectivity index (χ2v) is 5.07. The zero-order valence-electron chi connectivity index (χ0n) is 10.6. The molecule has 0 unspecified atom stereocenters. The molecular formula is C14H11F3O2S. The molecule has 0 aromatic heterocycles. The number of hydrogen-bond donors (Lipinski definition) is 0. The van der Waals surface area contributed by atoms with E-state index in [0.717, 1.165) is 23.9 Å². The van der Waals surface area contributed by atoms with E-state index in [4.69, 9.17) is 0 Å². The van der Waals surface area contributed by atoms with Gasteiger partial charge in [-0.2, -0.15) is 13.2 Å². The largest absolute Gasteiger partial charge is 0.454 e. The van der Waals surface area contributed by atoms with Gasteiger partial charge >= 0.3 is 6.18 Å². The summed E-state index contributed by atoms with van der Waals surface area (Å²) in [6, 6.07) is 5.10. The highest BCUT2D eigenvalue weighted by Crippen LogP contribution is 2.21. The first-order valence-corrected chi connectivity index (χ1v) is 6.63. The van der Waals surface area contributed by atoms with Gasteiger partial charge in [0.25, 0.3) is 5.78 Å². The van der Waals surface area contributed by atoms with Gasteiger partial charge < -0.3 is 0 Å². The van der Waals surface area contributed by atoms with Crippen molar-refractivity contribution < 1.29 is 22.8 Å². The molecule has 1 rings (SSSR count). The first kappa shape index (κ1) is 16.3. The first-order valence-electron chi connectivity index (χ1n) is 5.64. The first-order chi connectivity index (χ1) is 9.30. The van der Waals surface area contributed by atoms with Crippen LogP contribution in [-0.4, -0.2) is 22.8 Å². The number of alkyl halides is 3. The lowest BCUT2D eigenvalue weighted by atomic mass is 10.1. The van der Waals surface area contributed by atoms with E-state index in [-0.39, 0.29) is 5.12 Å². The van der Waals surface area contributed by atoms with Crippen molar-refractivity contribution in [1.82, 2.24) is 0 Å². The van der Waals surface area contributed by atoms with Crippen LogP contribution in [-0.2, 0) is 4.79 Å². The molecular weight excluding hydrogens is 289 g/mol. The van der Waals surface area contributed by atoms with Crippen LogP contribution in [0.25, 0.3) is 0 Å². The predicted molar refractivity (Wildman–Crippen MR) is 71.5 cm³/mol. The van der Waals surface area contributed by atoms with Gasteiger partial charge in [0.2, 0.25) is 0 Å². The number of Topliss-reactive ketones (excluding diaryl/α,β-unsaturated/α-hetero) is 1. The highest BCUT2D eigenvalue weighted by Gasteiger charge is 2.39. The number of hydrogen-bond acceptors (Lipinski definition) is 3. The fourth-order valence-electron chi connectivity index (χ4n) is 1.31. The lowest BCUT2D eigenvalue weighted by Gasteiger charge is -2.04. The van der Waals surface area contributed by atoms with Gasteiger partial charge in [-0.3, -0.25) is 9.59 Å². The van der Waals surface area contributed by atoms with Crippen LogP contribution >= 0.6 is 11.8 Å². The molecule has 1 aromatic carbocycles. The molecule has 6 heteroatoms. The Balaban J connectivity index is 2.72. The number of thioether (sulfide) groups is 1. The third-order valence-corrected chi connectivity index (χ3v) is 2.96. The van der Waals surface area contributed by atoms with Crippen molar-refractivity contribution in [1.29, 1.82) is 0 Å². The molecule has 106 valence electrons. The van der Waals surface area contributed by atoms with Crippen molar-refractivity contribution in [2.45, 2.75) is 19.5 Å². The van der Waals surface area contributed by atoms with Crippen LogP contribution in [0.2, 0.25) is 0 Å². The predicted octanol–water partition coefficient (Wildman–Crippen LogP) is 3.45. The van der Waals surface area contributed by atoms with Crippen LogP contribution in [0, 0.1) is 11.8 Å². The summed E-state index contributed by atoms with van der Waals surface area (Å²) in [5.74, 6) is 4.07. The Labute approximate surface area is 118 Å². The Morgan fingerprint density at radius 2 is 2.00 bits per heavy atom. The summed E-state index contributed by atoms with van der Waals surface area (Å²) in [5, 5.41) is -0.00966. The van der Waals surface area contributed by atoms with E-state index >= 15 is 0 Å². The maximum atomic E-state index is 12.3. The molecule has 0 aliphatic carbocycles. The summed E-state index contributed by atoms with van der Waals surface area (Å²) >= 11 is 1.13. The summed E-state index contributed by atoms with van der Waals surface area (Å²) in [6.07, 6.45) is -4.44. The molecule has 0 amide bonds. The third kappa shape index (κ3) is 5.49. The van der Waals surface area contributed by atoms with Gasteiger partial charge in [-0.05, 0) is 12.1 Å². The summed E-state index contributed by atoms with van der Waals surface area (Å²) in [6.45, 7) is 1.45. The minimum atomic E-state index is -4.88. The quantitative estimate of drug-likeness (QED) is 0.487. The van der Waals surface area contributed by atoms with E-state index in [2.05, 4.69) is 11.8 Å². The van der Waals surface area contributed by atoms with Crippen LogP contribution in [0.5, 0.6) is 0 Å². The zero-order chi connectivity index (χ0) is 15.2. The summed E-state index contributed by atoms with van der Waals surface area (Å²) in [4.78, 5) is 21.7. The van der Waals surface area contributed by atoms with Gasteiger partial charge in [0.05, 0.1) is 0 Å². The molecule has 20 heavy (non-hydrogen) atoms. The average molecular weight is 300 g/mol. The standard InChI is InChI=1S/C14H11F3O2S/c1-10(18)20-8-3-2-5-11-6-4-7-12(9-11)13(19)14(15,16)17/h4,6-7,9H,3,8H2,1H3. The van der Waals surface area contributed by atoms with Crippen LogP contribution < -0.4 is 0 Å². The molecule has 0 aliphatic heterocycles. The van der Waals surface area contributed by atoms with Crippen molar-refractivity contribution in [2.24, 2.45) is 0 Å². The second-order valence-electron chi connectivity index (χ2n) is 3.80. The topological polar surface area (TPSA) is 34.1 Å². The molecule has 0 radical (unpaired) electrons. The van der Waals surface area contributed by atoms with Gasteiger partial charge in [0.1, 0.15) is 0 Å². The molecule has 0 saturated heterocycles. The highest BCUT2D eigenvalue weighted by atomic mass is 32.2. The monoisotopic (exact) mass is 300 g/mol. The SMILES string of the molecule is CC(=O)SCCC#Cc1cccc(C(=O)C(F)(F)F)c1. The molecule has 2 nitrogen and oxygen atoms in total. The normalized spacial score (nSPS) is 10.6. The summed E-state index contributed by atoms with van der Waals surface area (Å²) < 4.78 is 36.8. The smallest absolute Gasteiger partial charge is 0.288 e. The van der Waals surface area contributed by atoms with Crippen molar-refractivity contribution in [3.8, 4) is 11.8 Å². The van der Waals surface area contributed by atoms with Gasteiger partial charge in [-0.1, -0.05) is 35.7 Å². The minimum Gasteiger partial charge on any atom is -0.288 e. The molecule has 0 bridgehead atoms. The van der Waals surface area contributed by atoms with E-state index < -0.39 is 17.5 Å². The average Bonchev–Trinajstić information content (AvgIpc) is 2.36. The molecule has 0 atom stereocenters. The summed E-state index contributed by atoms with van der Waals surface area (Å²) in [5.41, 5.74) is -0.0877. The number of halogens is 3. The van der Waals surface area contributed by atoms with E-state index in [1.54, 1.807) is 0 Å². The number of carbonyl (C=O) groups excluding carboxylic acids is 2. The minimum absolute atomic E-state index is 0.00966. The molecule has 0 heterocycles. The molecule has 0 saturated carbocycles.